The Bertz CT molecular complexity index is 213. The molecule has 3 atom stereocenters. The van der Waals surface area contributed by atoms with E-state index < -0.39 is 11.7 Å². The Hall–Kier alpha value is -0.610. The fourth-order valence-corrected chi connectivity index (χ4v) is 1.79. The van der Waals surface area contributed by atoms with Gasteiger partial charge < -0.3 is 15.1 Å². The van der Waals surface area contributed by atoms with Gasteiger partial charge >= 0.3 is 0 Å². The summed E-state index contributed by atoms with van der Waals surface area (Å²) in [6, 6.07) is 0. The maximum Gasteiger partial charge on any atom is 0.225 e. The molecule has 1 rings (SSSR count). The van der Waals surface area contributed by atoms with E-state index >= 15 is 0 Å². The molecule has 0 spiro atoms. The third-order valence-corrected chi connectivity index (χ3v) is 2.68. The second-order valence-electron chi connectivity index (χ2n) is 4.24. The maximum atomic E-state index is 11.5. The number of hydrogen-bond acceptors (Lipinski definition) is 3. The summed E-state index contributed by atoms with van der Waals surface area (Å²) < 4.78 is 0. The van der Waals surface area contributed by atoms with Crippen molar-refractivity contribution >= 4 is 5.91 Å². The molecule has 0 aromatic carbocycles. The summed E-state index contributed by atoms with van der Waals surface area (Å²) in [6.45, 7) is 1.57. The Morgan fingerprint density at radius 1 is 1.54 bits per heavy atom. The molecule has 1 fully saturated rings. The van der Waals surface area contributed by atoms with E-state index in [0.717, 1.165) is 0 Å². The Balaban J connectivity index is 2.64. The smallest absolute Gasteiger partial charge is 0.225 e. The number of aliphatic hydroxyl groups excluding tert-OH is 1. The molecule has 0 aliphatic heterocycles. The Labute approximate surface area is 78.2 Å². The number of nitrogens with zero attached hydrogens (tertiary/aromatic N) is 1. The van der Waals surface area contributed by atoms with Gasteiger partial charge in [0.25, 0.3) is 0 Å². The van der Waals surface area contributed by atoms with E-state index in [-0.39, 0.29) is 11.8 Å². The van der Waals surface area contributed by atoms with E-state index in [0.29, 0.717) is 12.8 Å². The van der Waals surface area contributed by atoms with E-state index in [1.807, 2.05) is 0 Å². The van der Waals surface area contributed by atoms with Crippen LogP contribution in [0.4, 0.5) is 0 Å². The third kappa shape index (κ3) is 2.00. The van der Waals surface area contributed by atoms with Crippen molar-refractivity contribution in [2.45, 2.75) is 31.5 Å². The number of amides is 1. The van der Waals surface area contributed by atoms with Gasteiger partial charge in [-0.2, -0.15) is 0 Å². The molecule has 1 aliphatic rings. The average molecular weight is 187 g/mol. The van der Waals surface area contributed by atoms with E-state index in [1.54, 1.807) is 21.0 Å². The Kier molecular flexibility index (Phi) is 2.63. The first-order chi connectivity index (χ1) is 5.84. The standard InChI is InChI=1S/C9H17NO3/c1-9(13)5-6(4-7(9)11)8(12)10(2)3/h6-7,11,13H,4-5H2,1-3H3/t6-,7+,9-/m1/s1. The van der Waals surface area contributed by atoms with Gasteiger partial charge in [-0.15, -0.1) is 0 Å². The topological polar surface area (TPSA) is 60.8 Å². The highest BCUT2D eigenvalue weighted by molar-refractivity contribution is 5.78. The highest BCUT2D eigenvalue weighted by Crippen LogP contribution is 2.35. The van der Waals surface area contributed by atoms with E-state index in [2.05, 4.69) is 0 Å². The van der Waals surface area contributed by atoms with Crippen LogP contribution in [-0.4, -0.2) is 46.8 Å². The van der Waals surface area contributed by atoms with Gasteiger partial charge in [-0.1, -0.05) is 0 Å². The second-order valence-corrected chi connectivity index (χ2v) is 4.24. The van der Waals surface area contributed by atoms with Gasteiger partial charge in [-0.05, 0) is 19.8 Å². The van der Waals surface area contributed by atoms with Crippen LogP contribution in [0.1, 0.15) is 19.8 Å². The van der Waals surface area contributed by atoms with Crippen LogP contribution >= 0.6 is 0 Å². The largest absolute Gasteiger partial charge is 0.390 e. The molecule has 0 radical (unpaired) electrons. The van der Waals surface area contributed by atoms with Crippen LogP contribution in [0, 0.1) is 5.92 Å². The molecule has 0 aromatic rings. The van der Waals surface area contributed by atoms with Crippen LogP contribution in [-0.2, 0) is 4.79 Å². The summed E-state index contributed by atoms with van der Waals surface area (Å²) in [4.78, 5) is 13.0. The van der Waals surface area contributed by atoms with Crippen molar-refractivity contribution in [2.24, 2.45) is 5.92 Å². The lowest BCUT2D eigenvalue weighted by Gasteiger charge is -2.20. The molecule has 1 amide bonds. The number of carbonyl (C=O) groups excluding carboxylic acids is 1. The number of rotatable bonds is 1. The van der Waals surface area contributed by atoms with Crippen LogP contribution in [0.15, 0.2) is 0 Å². The van der Waals surface area contributed by atoms with Gasteiger partial charge in [0.1, 0.15) is 0 Å². The van der Waals surface area contributed by atoms with Gasteiger partial charge in [0.15, 0.2) is 0 Å². The molecule has 1 saturated carbocycles. The lowest BCUT2D eigenvalue weighted by Crippen LogP contribution is -2.33. The Morgan fingerprint density at radius 2 is 2.08 bits per heavy atom. The van der Waals surface area contributed by atoms with Gasteiger partial charge in [0.05, 0.1) is 11.7 Å². The first-order valence-electron chi connectivity index (χ1n) is 4.46. The molecular formula is C9H17NO3. The molecule has 76 valence electrons. The minimum Gasteiger partial charge on any atom is -0.390 e. The predicted octanol–water partition coefficient (Wildman–Crippen LogP) is -0.404. The molecule has 4 nitrogen and oxygen atoms in total. The van der Waals surface area contributed by atoms with E-state index in [1.165, 1.54) is 4.90 Å². The Morgan fingerprint density at radius 3 is 2.38 bits per heavy atom. The van der Waals surface area contributed by atoms with Crippen molar-refractivity contribution in [1.82, 2.24) is 4.90 Å². The summed E-state index contributed by atoms with van der Waals surface area (Å²) in [6.07, 6.45) is -0.0590. The van der Waals surface area contributed by atoms with Crippen molar-refractivity contribution in [2.75, 3.05) is 14.1 Å². The zero-order valence-electron chi connectivity index (χ0n) is 8.32. The van der Waals surface area contributed by atoms with Crippen molar-refractivity contribution in [3.05, 3.63) is 0 Å². The molecule has 0 aromatic heterocycles. The molecule has 0 bridgehead atoms. The lowest BCUT2D eigenvalue weighted by molar-refractivity contribution is -0.133. The molecule has 13 heavy (non-hydrogen) atoms. The first kappa shape index (κ1) is 10.5. The van der Waals surface area contributed by atoms with Gasteiger partial charge in [-0.3, -0.25) is 4.79 Å². The fourth-order valence-electron chi connectivity index (χ4n) is 1.79. The SMILES string of the molecule is CN(C)C(=O)[C@@H]1C[C@H](O)[C@](C)(O)C1. The molecular weight excluding hydrogens is 170 g/mol. The van der Waals surface area contributed by atoms with Crippen LogP contribution in [0.3, 0.4) is 0 Å². The van der Waals surface area contributed by atoms with Crippen LogP contribution < -0.4 is 0 Å². The normalized spacial score (nSPS) is 39.2. The van der Waals surface area contributed by atoms with Crippen molar-refractivity contribution in [3.63, 3.8) is 0 Å². The summed E-state index contributed by atoms with van der Waals surface area (Å²) >= 11 is 0. The fraction of sp³-hybridized carbons (Fsp3) is 0.889. The zero-order chi connectivity index (χ0) is 10.2. The minimum absolute atomic E-state index is 0.0168. The predicted molar refractivity (Wildman–Crippen MR) is 48.0 cm³/mol. The molecule has 2 N–H and O–H groups in total. The molecule has 0 saturated heterocycles. The van der Waals surface area contributed by atoms with Crippen LogP contribution in [0.25, 0.3) is 0 Å². The summed E-state index contributed by atoms with van der Waals surface area (Å²) in [5.74, 6) is -0.253. The van der Waals surface area contributed by atoms with Crippen molar-refractivity contribution in [3.8, 4) is 0 Å². The lowest BCUT2D eigenvalue weighted by atomic mass is 10.0. The summed E-state index contributed by atoms with van der Waals surface area (Å²) in [5, 5.41) is 19.1. The van der Waals surface area contributed by atoms with Crippen LogP contribution in [0.2, 0.25) is 0 Å². The molecule has 0 heterocycles. The summed E-state index contributed by atoms with van der Waals surface area (Å²) in [7, 11) is 3.36. The quantitative estimate of drug-likeness (QED) is 0.587. The number of carbonyl (C=O) groups is 1. The minimum atomic E-state index is -1.10. The van der Waals surface area contributed by atoms with Crippen molar-refractivity contribution < 1.29 is 15.0 Å². The van der Waals surface area contributed by atoms with E-state index in [9.17, 15) is 15.0 Å². The summed E-state index contributed by atoms with van der Waals surface area (Å²) in [5.41, 5.74) is -1.10. The highest BCUT2D eigenvalue weighted by atomic mass is 16.3. The van der Waals surface area contributed by atoms with Gasteiger partial charge in [0.2, 0.25) is 5.91 Å². The highest BCUT2D eigenvalue weighted by Gasteiger charge is 2.44. The maximum absolute atomic E-state index is 11.5. The molecule has 0 unspecified atom stereocenters. The third-order valence-electron chi connectivity index (χ3n) is 2.68. The van der Waals surface area contributed by atoms with Gasteiger partial charge in [-0.25, -0.2) is 0 Å². The monoisotopic (exact) mass is 187 g/mol. The molecule has 4 heteroatoms. The van der Waals surface area contributed by atoms with Crippen molar-refractivity contribution in [1.29, 1.82) is 0 Å². The zero-order valence-corrected chi connectivity index (χ0v) is 8.32. The molecule has 1 aliphatic carbocycles. The number of aliphatic hydroxyl groups is 2. The van der Waals surface area contributed by atoms with Crippen LogP contribution in [0.5, 0.6) is 0 Å². The average Bonchev–Trinajstić information content (AvgIpc) is 2.25. The van der Waals surface area contributed by atoms with E-state index in [4.69, 9.17) is 0 Å². The van der Waals surface area contributed by atoms with Gasteiger partial charge in [0, 0.05) is 20.0 Å². The second kappa shape index (κ2) is 3.27. The number of hydrogen-bond donors (Lipinski definition) is 2. The first-order valence-corrected chi connectivity index (χ1v) is 4.46.